The third kappa shape index (κ3) is 2.82. The van der Waals surface area contributed by atoms with Gasteiger partial charge in [-0.2, -0.15) is 4.98 Å². The van der Waals surface area contributed by atoms with Crippen molar-refractivity contribution in [3.8, 4) is 0 Å². The van der Waals surface area contributed by atoms with Gasteiger partial charge in [0.1, 0.15) is 23.6 Å². The molecular weight excluding hydrogens is 357 g/mol. The van der Waals surface area contributed by atoms with Crippen LogP contribution in [-0.2, 0) is 30.3 Å². The number of nitrogen functional groups attached to an aromatic ring is 1. The van der Waals surface area contributed by atoms with Gasteiger partial charge in [-0.15, -0.1) is 0 Å². The minimum atomic E-state index is -3.41. The molecule has 2 saturated heterocycles. The second-order valence-electron chi connectivity index (χ2n) is 5.88. The summed E-state index contributed by atoms with van der Waals surface area (Å²) in [5.41, 5.74) is 4.96. The zero-order valence-corrected chi connectivity index (χ0v) is 15.3. The maximum Gasteiger partial charge on any atom is 0.351 e. The van der Waals surface area contributed by atoms with Crippen molar-refractivity contribution in [2.24, 2.45) is 0 Å². The molecule has 0 amide bonds. The van der Waals surface area contributed by atoms with Gasteiger partial charge in [0.05, 0.1) is 6.61 Å². The summed E-state index contributed by atoms with van der Waals surface area (Å²) in [5.74, 6) is 0.170. The molecule has 1 aromatic heterocycles. The van der Waals surface area contributed by atoms with Gasteiger partial charge in [0.25, 0.3) is 0 Å². The molecule has 1 aromatic rings. The zero-order valence-electron chi connectivity index (χ0n) is 13.5. The fraction of sp³-hybridized carbons (Fsp3) is 0.692. The highest BCUT2D eigenvalue weighted by atomic mass is 32.5. The number of fused-ring (bicyclic) bond motifs is 2. The van der Waals surface area contributed by atoms with Crippen molar-refractivity contribution in [3.05, 3.63) is 22.2 Å². The van der Waals surface area contributed by atoms with Crippen LogP contribution >= 0.6 is 6.72 Å². The van der Waals surface area contributed by atoms with Crippen molar-refractivity contribution in [2.45, 2.75) is 44.3 Å². The molecule has 0 radical (unpaired) electrons. The molecule has 9 nitrogen and oxygen atoms in total. The maximum atomic E-state index is 12.2. The van der Waals surface area contributed by atoms with Crippen LogP contribution in [0.1, 0.15) is 25.1 Å². The van der Waals surface area contributed by atoms with E-state index in [0.717, 1.165) is 0 Å². The molecule has 2 aliphatic rings. The van der Waals surface area contributed by atoms with Crippen LogP contribution in [0, 0.1) is 6.92 Å². The average Bonchev–Trinajstić information content (AvgIpc) is 3.03. The highest BCUT2D eigenvalue weighted by molar-refractivity contribution is 8.07. The summed E-state index contributed by atoms with van der Waals surface area (Å²) in [7, 11) is 1.28. The van der Waals surface area contributed by atoms with E-state index in [9.17, 15) is 9.69 Å². The monoisotopic (exact) mass is 377 g/mol. The number of anilines is 1. The lowest BCUT2D eigenvalue weighted by molar-refractivity contribution is -0.175. The summed E-state index contributed by atoms with van der Waals surface area (Å²) in [6, 6.07) is 0. The second kappa shape index (κ2) is 6.14. The number of aromatic nitrogens is 2. The largest absolute Gasteiger partial charge is 0.383 e. The van der Waals surface area contributed by atoms with Gasteiger partial charge in [-0.3, -0.25) is 9.09 Å². The van der Waals surface area contributed by atoms with Crippen LogP contribution in [0.15, 0.2) is 11.0 Å². The standard InChI is InChI=1S/C13H20N3O6PS/c1-4-13-6-20-8(9(13)22-23(18,24)19-3)11(21-13)16-5-7(2)10(14)15-12(16)17/h5,8-9,11H,4,6H2,1-3H3,(H,18,24)(H2,14,15,17)/t8-,9?,11+,13-,23?/m0/s1. The number of hydrogen-bond acceptors (Lipinski definition) is 8. The van der Waals surface area contributed by atoms with E-state index in [4.69, 9.17) is 36.1 Å². The quantitative estimate of drug-likeness (QED) is 0.705. The van der Waals surface area contributed by atoms with E-state index in [1.165, 1.54) is 11.7 Å². The summed E-state index contributed by atoms with van der Waals surface area (Å²) in [5, 5.41) is 0. The fourth-order valence-electron chi connectivity index (χ4n) is 3.05. The first kappa shape index (κ1) is 17.9. The molecule has 0 saturated carbocycles. The molecule has 0 aromatic carbocycles. The van der Waals surface area contributed by atoms with E-state index in [1.54, 1.807) is 13.1 Å². The summed E-state index contributed by atoms with van der Waals surface area (Å²) in [6.45, 7) is 0.527. The van der Waals surface area contributed by atoms with Crippen molar-refractivity contribution in [1.82, 2.24) is 9.55 Å². The molecule has 11 heteroatoms. The van der Waals surface area contributed by atoms with Crippen LogP contribution in [0.5, 0.6) is 0 Å². The lowest BCUT2D eigenvalue weighted by Crippen LogP contribution is -2.41. The van der Waals surface area contributed by atoms with Gasteiger partial charge in [0.15, 0.2) is 6.23 Å². The Bertz CT molecular complexity index is 758. The molecule has 0 aliphatic carbocycles. The van der Waals surface area contributed by atoms with Crippen LogP contribution in [0.25, 0.3) is 0 Å². The van der Waals surface area contributed by atoms with Crippen molar-refractivity contribution in [2.75, 3.05) is 19.5 Å². The normalized spacial score (nSPS) is 34.4. The van der Waals surface area contributed by atoms with Crippen molar-refractivity contribution in [1.29, 1.82) is 0 Å². The van der Waals surface area contributed by atoms with E-state index in [2.05, 4.69) is 4.98 Å². The predicted molar refractivity (Wildman–Crippen MR) is 88.9 cm³/mol. The average molecular weight is 377 g/mol. The number of ether oxygens (including phenoxy) is 2. The molecule has 2 unspecified atom stereocenters. The molecule has 24 heavy (non-hydrogen) atoms. The van der Waals surface area contributed by atoms with E-state index in [-0.39, 0.29) is 12.4 Å². The van der Waals surface area contributed by atoms with Gasteiger partial charge in [-0.25, -0.2) is 4.79 Å². The summed E-state index contributed by atoms with van der Waals surface area (Å²) in [6.07, 6.45) is 0.130. The van der Waals surface area contributed by atoms with Crippen molar-refractivity contribution >= 4 is 24.3 Å². The Hall–Kier alpha value is -0.870. The Morgan fingerprint density at radius 1 is 1.67 bits per heavy atom. The SMILES string of the molecule is CC[C@]12CO[C@@H](C1OP(O)(=S)OC)[C@H](n1cc(C)c(N)nc1=O)O2. The molecule has 2 bridgehead atoms. The number of rotatable bonds is 5. The molecule has 3 heterocycles. The lowest BCUT2D eigenvalue weighted by Gasteiger charge is -2.31. The predicted octanol–water partition coefficient (Wildman–Crippen LogP) is 0.459. The maximum absolute atomic E-state index is 12.2. The molecule has 3 rings (SSSR count). The van der Waals surface area contributed by atoms with E-state index < -0.39 is 36.4 Å². The van der Waals surface area contributed by atoms with Gasteiger partial charge < -0.3 is 24.6 Å². The van der Waals surface area contributed by atoms with Gasteiger partial charge >= 0.3 is 12.4 Å². The lowest BCUT2D eigenvalue weighted by atomic mass is 9.96. The van der Waals surface area contributed by atoms with E-state index in [1.807, 2.05) is 6.92 Å². The van der Waals surface area contributed by atoms with Gasteiger partial charge in [0, 0.05) is 18.9 Å². The van der Waals surface area contributed by atoms with Crippen LogP contribution in [0.2, 0.25) is 0 Å². The van der Waals surface area contributed by atoms with Crippen LogP contribution < -0.4 is 11.4 Å². The summed E-state index contributed by atoms with van der Waals surface area (Å²) < 4.78 is 23.7. The van der Waals surface area contributed by atoms with Crippen LogP contribution in [0.4, 0.5) is 5.82 Å². The highest BCUT2D eigenvalue weighted by Crippen LogP contribution is 2.55. The first-order valence-corrected chi connectivity index (χ1v) is 10.0. The van der Waals surface area contributed by atoms with Crippen LogP contribution in [0.3, 0.4) is 0 Å². The molecule has 3 N–H and O–H groups in total. The Kier molecular flexibility index (Phi) is 4.59. The Morgan fingerprint density at radius 3 is 3.00 bits per heavy atom. The summed E-state index contributed by atoms with van der Waals surface area (Å²) >= 11 is 4.95. The first-order chi connectivity index (χ1) is 11.2. The highest BCUT2D eigenvalue weighted by Gasteiger charge is 2.63. The third-order valence-electron chi connectivity index (χ3n) is 4.50. The van der Waals surface area contributed by atoms with Crippen molar-refractivity contribution in [3.63, 3.8) is 0 Å². The molecule has 2 aliphatic heterocycles. The number of nitrogens with zero attached hydrogens (tertiary/aromatic N) is 2. The third-order valence-corrected chi connectivity index (χ3v) is 6.16. The van der Waals surface area contributed by atoms with E-state index in [0.29, 0.717) is 12.0 Å². The van der Waals surface area contributed by atoms with E-state index >= 15 is 0 Å². The van der Waals surface area contributed by atoms with Crippen molar-refractivity contribution < 1.29 is 23.4 Å². The zero-order chi connectivity index (χ0) is 17.7. The molecule has 0 spiro atoms. The number of aryl methyl sites for hydroxylation is 1. The Labute approximate surface area is 143 Å². The fourth-order valence-corrected chi connectivity index (χ4v) is 4.02. The molecule has 5 atom stereocenters. The van der Waals surface area contributed by atoms with Gasteiger partial charge in [0.2, 0.25) is 0 Å². The minimum absolute atomic E-state index is 0.170. The first-order valence-electron chi connectivity index (χ1n) is 7.44. The molecule has 2 fully saturated rings. The number of hydrogen-bond donors (Lipinski definition) is 2. The Morgan fingerprint density at radius 2 is 2.38 bits per heavy atom. The topological polar surface area (TPSA) is 118 Å². The minimum Gasteiger partial charge on any atom is -0.383 e. The second-order valence-corrected chi connectivity index (χ2v) is 8.78. The van der Waals surface area contributed by atoms with Gasteiger partial charge in [-0.05, 0) is 25.2 Å². The summed E-state index contributed by atoms with van der Waals surface area (Å²) in [4.78, 5) is 26.0. The van der Waals surface area contributed by atoms with Gasteiger partial charge in [-0.1, -0.05) is 6.92 Å². The smallest absolute Gasteiger partial charge is 0.351 e. The molecular formula is C13H20N3O6PS. The Balaban J connectivity index is 1.98. The number of nitrogens with two attached hydrogens (primary N) is 1. The van der Waals surface area contributed by atoms with Crippen LogP contribution in [-0.4, -0.2) is 46.0 Å². The molecule has 134 valence electrons.